The molecule has 0 aliphatic heterocycles. The lowest BCUT2D eigenvalue weighted by molar-refractivity contribution is -0.385. The van der Waals surface area contributed by atoms with Crippen molar-refractivity contribution in [1.82, 2.24) is 10.3 Å². The molecule has 0 saturated carbocycles. The summed E-state index contributed by atoms with van der Waals surface area (Å²) in [6.45, 7) is 1.28. The van der Waals surface area contributed by atoms with Crippen LogP contribution < -0.4 is 10.6 Å². The van der Waals surface area contributed by atoms with Crippen molar-refractivity contribution in [3.63, 3.8) is 0 Å². The number of aromatic nitrogens is 1. The summed E-state index contributed by atoms with van der Waals surface area (Å²) in [6.07, 6.45) is 0. The fourth-order valence-corrected chi connectivity index (χ4v) is 2.74. The van der Waals surface area contributed by atoms with Crippen molar-refractivity contribution < 1.29 is 14.5 Å². The molecule has 0 fully saturated rings. The Morgan fingerprint density at radius 1 is 1.12 bits per heavy atom. The standard InChI is InChI=1S/C14H9Cl3N4O4/c1-6-9(11(16)19-12(17)10(6)21(24)25)13(22)20-14(23)18-8-4-2-7(15)3-5-8/h2-5H,1H3,(H2,18,20,22,23). The summed E-state index contributed by atoms with van der Waals surface area (Å²) >= 11 is 17.2. The van der Waals surface area contributed by atoms with Crippen molar-refractivity contribution in [3.8, 4) is 0 Å². The van der Waals surface area contributed by atoms with Gasteiger partial charge in [0.25, 0.3) is 5.91 Å². The molecule has 0 atom stereocenters. The quantitative estimate of drug-likeness (QED) is 0.452. The van der Waals surface area contributed by atoms with Gasteiger partial charge in [-0.15, -0.1) is 0 Å². The monoisotopic (exact) mass is 402 g/mol. The first-order valence-electron chi connectivity index (χ1n) is 6.58. The van der Waals surface area contributed by atoms with Crippen molar-refractivity contribution in [1.29, 1.82) is 0 Å². The van der Waals surface area contributed by atoms with Crippen molar-refractivity contribution in [2.24, 2.45) is 0 Å². The molecule has 0 aliphatic carbocycles. The second kappa shape index (κ2) is 7.64. The average Bonchev–Trinajstić information content (AvgIpc) is 2.48. The zero-order valence-electron chi connectivity index (χ0n) is 12.5. The van der Waals surface area contributed by atoms with E-state index >= 15 is 0 Å². The summed E-state index contributed by atoms with van der Waals surface area (Å²) < 4.78 is 0. The molecule has 0 spiro atoms. The largest absolute Gasteiger partial charge is 0.326 e. The summed E-state index contributed by atoms with van der Waals surface area (Å²) in [5.74, 6) is -0.957. The first kappa shape index (κ1) is 18.9. The molecule has 2 rings (SSSR count). The summed E-state index contributed by atoms with van der Waals surface area (Å²) in [7, 11) is 0. The fourth-order valence-electron chi connectivity index (χ4n) is 1.96. The fraction of sp³-hybridized carbons (Fsp3) is 0.0714. The predicted molar refractivity (Wildman–Crippen MR) is 93.6 cm³/mol. The van der Waals surface area contributed by atoms with Gasteiger partial charge in [0.2, 0.25) is 5.15 Å². The Morgan fingerprint density at radius 2 is 1.72 bits per heavy atom. The number of hydrogen-bond acceptors (Lipinski definition) is 5. The molecule has 2 aromatic rings. The number of carbonyl (C=O) groups is 2. The number of urea groups is 1. The molecule has 1 heterocycles. The first-order chi connectivity index (χ1) is 11.7. The Labute approximate surface area is 156 Å². The summed E-state index contributed by atoms with van der Waals surface area (Å²) in [6, 6.07) is 5.29. The lowest BCUT2D eigenvalue weighted by Crippen LogP contribution is -2.35. The number of nitrogens with one attached hydrogen (secondary N) is 2. The minimum Gasteiger partial charge on any atom is -0.308 e. The van der Waals surface area contributed by atoms with E-state index in [-0.39, 0.29) is 16.3 Å². The smallest absolute Gasteiger partial charge is 0.308 e. The van der Waals surface area contributed by atoms with Gasteiger partial charge in [0.15, 0.2) is 0 Å². The van der Waals surface area contributed by atoms with E-state index in [9.17, 15) is 19.7 Å². The van der Waals surface area contributed by atoms with Crippen LogP contribution >= 0.6 is 34.8 Å². The van der Waals surface area contributed by atoms with Crippen LogP contribution in [0, 0.1) is 17.0 Å². The molecular formula is C14H9Cl3N4O4. The van der Waals surface area contributed by atoms with Gasteiger partial charge in [0.05, 0.1) is 10.5 Å². The number of pyridine rings is 1. The number of anilines is 1. The van der Waals surface area contributed by atoms with Crippen LogP contribution in [0.4, 0.5) is 16.2 Å². The molecule has 2 N–H and O–H groups in total. The van der Waals surface area contributed by atoms with Crippen LogP contribution in [0.25, 0.3) is 0 Å². The Balaban J connectivity index is 2.23. The third-order valence-corrected chi connectivity index (χ3v) is 3.86. The number of benzene rings is 1. The highest BCUT2D eigenvalue weighted by atomic mass is 35.5. The maximum absolute atomic E-state index is 12.2. The van der Waals surface area contributed by atoms with E-state index in [0.29, 0.717) is 10.7 Å². The van der Waals surface area contributed by atoms with Gasteiger partial charge >= 0.3 is 11.7 Å². The molecule has 0 radical (unpaired) electrons. The number of rotatable bonds is 3. The number of nitro groups is 1. The number of amides is 3. The summed E-state index contributed by atoms with van der Waals surface area (Å²) in [4.78, 5) is 37.9. The summed E-state index contributed by atoms with van der Waals surface area (Å²) in [5.41, 5.74) is -0.595. The van der Waals surface area contributed by atoms with E-state index in [4.69, 9.17) is 34.8 Å². The van der Waals surface area contributed by atoms with Crippen LogP contribution in [-0.4, -0.2) is 21.8 Å². The van der Waals surface area contributed by atoms with Crippen molar-refractivity contribution in [2.75, 3.05) is 5.32 Å². The SMILES string of the molecule is Cc1c(C(=O)NC(=O)Nc2ccc(Cl)cc2)c(Cl)nc(Cl)c1[N+](=O)[O-]. The molecule has 1 aromatic heterocycles. The summed E-state index contributed by atoms with van der Waals surface area (Å²) in [5, 5.41) is 15.1. The Hall–Kier alpha value is -2.42. The van der Waals surface area contributed by atoms with Crippen LogP contribution in [0.5, 0.6) is 0 Å². The van der Waals surface area contributed by atoms with E-state index < -0.39 is 27.7 Å². The van der Waals surface area contributed by atoms with E-state index in [1.807, 2.05) is 5.32 Å². The normalized spacial score (nSPS) is 10.2. The maximum Gasteiger partial charge on any atom is 0.326 e. The molecule has 8 nitrogen and oxygen atoms in total. The van der Waals surface area contributed by atoms with Gasteiger partial charge in [-0.05, 0) is 31.2 Å². The molecule has 130 valence electrons. The molecule has 25 heavy (non-hydrogen) atoms. The second-order valence-corrected chi connectivity index (χ2v) is 5.87. The van der Waals surface area contributed by atoms with Gasteiger partial charge in [-0.3, -0.25) is 20.2 Å². The Bertz CT molecular complexity index is 871. The number of imide groups is 1. The van der Waals surface area contributed by atoms with Crippen molar-refractivity contribution >= 4 is 58.1 Å². The van der Waals surface area contributed by atoms with E-state index in [1.165, 1.54) is 19.1 Å². The second-order valence-electron chi connectivity index (χ2n) is 4.71. The van der Waals surface area contributed by atoms with Crippen molar-refractivity contribution in [2.45, 2.75) is 6.92 Å². The van der Waals surface area contributed by atoms with Gasteiger partial charge in [0, 0.05) is 16.3 Å². The number of halogens is 3. The van der Waals surface area contributed by atoms with Crippen molar-refractivity contribution in [3.05, 3.63) is 60.8 Å². The predicted octanol–water partition coefficient (Wildman–Crippen LogP) is 4.22. The minimum atomic E-state index is -0.957. The molecule has 0 unspecified atom stereocenters. The van der Waals surface area contributed by atoms with E-state index in [0.717, 1.165) is 0 Å². The molecule has 0 aliphatic rings. The van der Waals surface area contributed by atoms with Crippen LogP contribution in [-0.2, 0) is 0 Å². The molecular weight excluding hydrogens is 395 g/mol. The molecule has 3 amide bonds. The van der Waals surface area contributed by atoms with Gasteiger partial charge in [0.1, 0.15) is 5.15 Å². The Morgan fingerprint density at radius 3 is 2.28 bits per heavy atom. The average molecular weight is 404 g/mol. The van der Waals surface area contributed by atoms with E-state index in [1.54, 1.807) is 12.1 Å². The van der Waals surface area contributed by atoms with Gasteiger partial charge in [-0.25, -0.2) is 9.78 Å². The van der Waals surface area contributed by atoms with Gasteiger partial charge in [-0.1, -0.05) is 34.8 Å². The lowest BCUT2D eigenvalue weighted by Gasteiger charge is -2.10. The zero-order chi connectivity index (χ0) is 18.7. The third-order valence-electron chi connectivity index (χ3n) is 3.07. The highest BCUT2D eigenvalue weighted by molar-refractivity contribution is 6.36. The number of hydrogen-bond donors (Lipinski definition) is 2. The maximum atomic E-state index is 12.2. The highest BCUT2D eigenvalue weighted by Crippen LogP contribution is 2.32. The molecule has 1 aromatic carbocycles. The van der Waals surface area contributed by atoms with Crippen LogP contribution in [0.3, 0.4) is 0 Å². The first-order valence-corrected chi connectivity index (χ1v) is 7.72. The topological polar surface area (TPSA) is 114 Å². The van der Waals surface area contributed by atoms with Crippen LogP contribution in [0.2, 0.25) is 15.3 Å². The highest BCUT2D eigenvalue weighted by Gasteiger charge is 2.28. The van der Waals surface area contributed by atoms with Gasteiger partial charge in [-0.2, -0.15) is 0 Å². The number of carbonyl (C=O) groups excluding carboxylic acids is 2. The molecule has 0 bridgehead atoms. The Kier molecular flexibility index (Phi) is 5.78. The minimum absolute atomic E-state index is 0.105. The zero-order valence-corrected chi connectivity index (χ0v) is 14.7. The third kappa shape index (κ3) is 4.36. The van der Waals surface area contributed by atoms with Crippen LogP contribution in [0.15, 0.2) is 24.3 Å². The van der Waals surface area contributed by atoms with Crippen LogP contribution in [0.1, 0.15) is 15.9 Å². The van der Waals surface area contributed by atoms with E-state index in [2.05, 4.69) is 10.3 Å². The molecule has 0 saturated heterocycles. The number of nitrogens with zero attached hydrogens (tertiary/aromatic N) is 2. The van der Waals surface area contributed by atoms with Gasteiger partial charge < -0.3 is 5.32 Å². The molecule has 11 heteroatoms. The lowest BCUT2D eigenvalue weighted by atomic mass is 10.1.